The van der Waals surface area contributed by atoms with Crippen LogP contribution in [-0.4, -0.2) is 48.4 Å². The normalized spacial score (nSPS) is 11.8. The molecule has 20 heavy (non-hydrogen) atoms. The van der Waals surface area contributed by atoms with E-state index in [2.05, 4.69) is 10.6 Å². The molecule has 7 heteroatoms. The maximum atomic E-state index is 11.6. The van der Waals surface area contributed by atoms with Gasteiger partial charge in [0.1, 0.15) is 6.04 Å². The molecule has 1 rings (SSSR count). The molecule has 0 fully saturated rings. The van der Waals surface area contributed by atoms with Crippen molar-refractivity contribution in [3.05, 3.63) is 30.3 Å². The second kappa shape index (κ2) is 9.35. The van der Waals surface area contributed by atoms with Crippen molar-refractivity contribution in [2.24, 2.45) is 5.73 Å². The summed E-state index contributed by atoms with van der Waals surface area (Å²) in [5, 5.41) is 14.4. The van der Waals surface area contributed by atoms with Gasteiger partial charge >= 0.3 is 5.97 Å². The number of carboxylic acids is 1. The van der Waals surface area contributed by atoms with E-state index >= 15 is 0 Å². The van der Waals surface area contributed by atoms with Gasteiger partial charge in [-0.05, 0) is 12.1 Å². The summed E-state index contributed by atoms with van der Waals surface area (Å²) < 4.78 is 0. The summed E-state index contributed by atoms with van der Waals surface area (Å²) in [6.07, 6.45) is 0. The molecule has 0 saturated heterocycles. The van der Waals surface area contributed by atoms with Gasteiger partial charge in [-0.3, -0.25) is 4.79 Å². The molecule has 0 aliphatic carbocycles. The van der Waals surface area contributed by atoms with Gasteiger partial charge in [-0.2, -0.15) is 0 Å². The van der Waals surface area contributed by atoms with E-state index in [1.165, 1.54) is 11.8 Å². The molecule has 0 radical (unpaired) electrons. The molecular weight excluding hydrogens is 278 g/mol. The van der Waals surface area contributed by atoms with Gasteiger partial charge in [0.2, 0.25) is 5.91 Å². The molecule has 110 valence electrons. The van der Waals surface area contributed by atoms with Gasteiger partial charge in [0.15, 0.2) is 0 Å². The Bertz CT molecular complexity index is 428. The number of amides is 1. The van der Waals surface area contributed by atoms with Crippen molar-refractivity contribution in [2.75, 3.05) is 25.4 Å². The van der Waals surface area contributed by atoms with Crippen LogP contribution in [0, 0.1) is 0 Å². The number of carbonyl (C=O) groups excluding carboxylic acids is 1. The highest BCUT2D eigenvalue weighted by atomic mass is 32.2. The molecule has 0 heterocycles. The number of benzene rings is 1. The predicted octanol–water partition coefficient (Wildman–Crippen LogP) is -0.104. The lowest BCUT2D eigenvalue weighted by molar-refractivity contribution is -0.140. The standard InChI is InChI=1S/C13H19N3O3S/c14-6-7-15-8-12(17)16-11(13(18)19)9-20-10-4-2-1-3-5-10/h1-5,11,15H,6-9,14H2,(H,16,17)(H,18,19)/t11-/m0/s1. The van der Waals surface area contributed by atoms with Gasteiger partial charge in [0.25, 0.3) is 0 Å². The number of carboxylic acid groups (broad SMARTS) is 1. The predicted molar refractivity (Wildman–Crippen MR) is 78.7 cm³/mol. The lowest BCUT2D eigenvalue weighted by atomic mass is 10.3. The number of hydrogen-bond acceptors (Lipinski definition) is 5. The summed E-state index contributed by atoms with van der Waals surface area (Å²) in [5.74, 6) is -1.11. The number of nitrogens with one attached hydrogen (secondary N) is 2. The van der Waals surface area contributed by atoms with Crippen LogP contribution in [0.1, 0.15) is 0 Å². The van der Waals surface area contributed by atoms with Crippen LogP contribution in [-0.2, 0) is 9.59 Å². The van der Waals surface area contributed by atoms with E-state index in [4.69, 9.17) is 10.8 Å². The molecule has 0 spiro atoms. The van der Waals surface area contributed by atoms with Crippen LogP contribution < -0.4 is 16.4 Å². The molecule has 0 aliphatic heterocycles. The largest absolute Gasteiger partial charge is 0.480 e. The summed E-state index contributed by atoms with van der Waals surface area (Å²) in [6.45, 7) is 1.01. The van der Waals surface area contributed by atoms with Gasteiger partial charge in [-0.1, -0.05) is 18.2 Å². The number of hydrogen-bond donors (Lipinski definition) is 4. The quantitative estimate of drug-likeness (QED) is 0.375. The first-order valence-electron chi connectivity index (χ1n) is 6.24. The Morgan fingerprint density at radius 2 is 2.00 bits per heavy atom. The van der Waals surface area contributed by atoms with Gasteiger partial charge in [-0.25, -0.2) is 4.79 Å². The monoisotopic (exact) mass is 297 g/mol. The minimum atomic E-state index is -1.04. The third kappa shape index (κ3) is 6.55. The molecule has 0 saturated carbocycles. The summed E-state index contributed by atoms with van der Waals surface area (Å²) in [4.78, 5) is 23.6. The fraction of sp³-hybridized carbons (Fsp3) is 0.385. The molecule has 1 atom stereocenters. The highest BCUT2D eigenvalue weighted by Crippen LogP contribution is 2.17. The zero-order chi connectivity index (χ0) is 14.8. The average Bonchev–Trinajstić information content (AvgIpc) is 2.44. The fourth-order valence-corrected chi connectivity index (χ4v) is 2.35. The highest BCUT2D eigenvalue weighted by Gasteiger charge is 2.19. The van der Waals surface area contributed by atoms with Crippen LogP contribution >= 0.6 is 11.8 Å². The summed E-state index contributed by atoms with van der Waals surface area (Å²) in [6, 6.07) is 8.54. The Morgan fingerprint density at radius 3 is 2.60 bits per heavy atom. The van der Waals surface area contributed by atoms with Crippen molar-refractivity contribution in [3.8, 4) is 0 Å². The molecular formula is C13H19N3O3S. The third-order valence-electron chi connectivity index (χ3n) is 2.40. The number of nitrogens with two attached hydrogens (primary N) is 1. The van der Waals surface area contributed by atoms with Crippen LogP contribution in [0.4, 0.5) is 0 Å². The summed E-state index contributed by atoms with van der Waals surface area (Å²) in [7, 11) is 0. The van der Waals surface area contributed by atoms with E-state index in [-0.39, 0.29) is 18.2 Å². The second-order valence-corrected chi connectivity index (χ2v) is 5.14. The first-order valence-corrected chi connectivity index (χ1v) is 7.23. The molecule has 0 unspecified atom stereocenters. The van der Waals surface area contributed by atoms with E-state index < -0.39 is 12.0 Å². The Morgan fingerprint density at radius 1 is 1.30 bits per heavy atom. The molecule has 0 bridgehead atoms. The number of aliphatic carboxylic acids is 1. The number of carbonyl (C=O) groups is 2. The molecule has 0 aliphatic rings. The first kappa shape index (κ1) is 16.5. The lowest BCUT2D eigenvalue weighted by Crippen LogP contribution is -2.46. The molecule has 1 aromatic carbocycles. The van der Waals surface area contributed by atoms with Crippen molar-refractivity contribution in [1.29, 1.82) is 0 Å². The molecule has 6 nitrogen and oxygen atoms in total. The lowest BCUT2D eigenvalue weighted by Gasteiger charge is -2.14. The third-order valence-corrected chi connectivity index (χ3v) is 3.51. The van der Waals surface area contributed by atoms with Crippen molar-refractivity contribution in [2.45, 2.75) is 10.9 Å². The van der Waals surface area contributed by atoms with Crippen LogP contribution in [0.2, 0.25) is 0 Å². The van der Waals surface area contributed by atoms with E-state index in [9.17, 15) is 9.59 Å². The highest BCUT2D eigenvalue weighted by molar-refractivity contribution is 7.99. The second-order valence-electron chi connectivity index (χ2n) is 4.05. The molecule has 5 N–H and O–H groups in total. The van der Waals surface area contributed by atoms with Crippen molar-refractivity contribution >= 4 is 23.6 Å². The van der Waals surface area contributed by atoms with Crippen LogP contribution in [0.25, 0.3) is 0 Å². The maximum Gasteiger partial charge on any atom is 0.327 e. The van der Waals surface area contributed by atoms with E-state index in [1.54, 1.807) is 0 Å². The van der Waals surface area contributed by atoms with E-state index in [0.29, 0.717) is 13.1 Å². The zero-order valence-electron chi connectivity index (χ0n) is 11.0. The molecule has 0 aromatic heterocycles. The van der Waals surface area contributed by atoms with Crippen molar-refractivity contribution in [1.82, 2.24) is 10.6 Å². The Hall–Kier alpha value is -1.57. The van der Waals surface area contributed by atoms with Gasteiger partial charge in [-0.15, -0.1) is 11.8 Å². The minimum absolute atomic E-state index is 0.0665. The van der Waals surface area contributed by atoms with E-state index in [1.807, 2.05) is 30.3 Å². The summed E-state index contributed by atoms with van der Waals surface area (Å²) in [5.41, 5.74) is 5.28. The Balaban J connectivity index is 2.40. The maximum absolute atomic E-state index is 11.6. The average molecular weight is 297 g/mol. The van der Waals surface area contributed by atoms with Gasteiger partial charge in [0, 0.05) is 23.7 Å². The van der Waals surface area contributed by atoms with E-state index in [0.717, 1.165) is 4.90 Å². The van der Waals surface area contributed by atoms with Crippen LogP contribution in [0.5, 0.6) is 0 Å². The zero-order valence-corrected chi connectivity index (χ0v) is 11.9. The first-order chi connectivity index (χ1) is 9.63. The number of thioether (sulfide) groups is 1. The minimum Gasteiger partial charge on any atom is -0.480 e. The van der Waals surface area contributed by atoms with Crippen LogP contribution in [0.15, 0.2) is 35.2 Å². The Kier molecular flexibility index (Phi) is 7.71. The molecule has 1 aromatic rings. The smallest absolute Gasteiger partial charge is 0.327 e. The topological polar surface area (TPSA) is 104 Å². The fourth-order valence-electron chi connectivity index (χ4n) is 1.42. The SMILES string of the molecule is NCCNCC(=O)N[C@@H](CSc1ccccc1)C(=O)O. The Labute approximate surface area is 122 Å². The van der Waals surface area contributed by atoms with Crippen molar-refractivity contribution in [3.63, 3.8) is 0 Å². The molecule has 1 amide bonds. The van der Waals surface area contributed by atoms with Gasteiger partial charge in [0.05, 0.1) is 6.54 Å². The van der Waals surface area contributed by atoms with Crippen LogP contribution in [0.3, 0.4) is 0 Å². The van der Waals surface area contributed by atoms with Crippen molar-refractivity contribution < 1.29 is 14.7 Å². The van der Waals surface area contributed by atoms with Gasteiger partial charge < -0.3 is 21.5 Å². The summed E-state index contributed by atoms with van der Waals surface area (Å²) >= 11 is 1.39. The number of rotatable bonds is 9.